The summed E-state index contributed by atoms with van der Waals surface area (Å²) in [5.41, 5.74) is 2.75. The highest BCUT2D eigenvalue weighted by molar-refractivity contribution is 5.92. The Hall–Kier alpha value is -1.55. The molecule has 4 heteroatoms. The third-order valence-corrected chi connectivity index (χ3v) is 2.46. The maximum atomic E-state index is 11.6. The number of aliphatic hydroxyl groups excluding tert-OH is 1. The Morgan fingerprint density at radius 3 is 2.71 bits per heavy atom. The molecule has 0 atom stereocenters. The summed E-state index contributed by atoms with van der Waals surface area (Å²) in [6.07, 6.45) is 0.783. The first-order valence-corrected chi connectivity index (χ1v) is 5.64. The number of hydrogen-bond donors (Lipinski definition) is 2. The minimum absolute atomic E-state index is 0.0252. The summed E-state index contributed by atoms with van der Waals surface area (Å²) in [6, 6.07) is 3.88. The maximum absolute atomic E-state index is 11.6. The molecule has 0 fully saturated rings. The second-order valence-electron chi connectivity index (χ2n) is 4.04. The normalized spacial score (nSPS) is 10.1. The fourth-order valence-corrected chi connectivity index (χ4v) is 1.77. The van der Waals surface area contributed by atoms with Crippen LogP contribution in [0.25, 0.3) is 0 Å². The lowest BCUT2D eigenvalue weighted by Crippen LogP contribution is -2.13. The number of aryl methyl sites for hydroxylation is 2. The molecule has 0 saturated heterocycles. The van der Waals surface area contributed by atoms with Gasteiger partial charge in [-0.25, -0.2) is 0 Å². The number of nitrogens with one attached hydrogen (secondary N) is 1. The number of aliphatic hydroxyl groups is 1. The first-order valence-electron chi connectivity index (χ1n) is 5.64. The third-order valence-electron chi connectivity index (χ3n) is 2.46. The molecule has 94 valence electrons. The molecule has 0 bridgehead atoms. The van der Waals surface area contributed by atoms with E-state index >= 15 is 0 Å². The van der Waals surface area contributed by atoms with Gasteiger partial charge in [-0.3, -0.25) is 4.79 Å². The zero-order valence-electron chi connectivity index (χ0n) is 10.5. The fraction of sp³-hybridized carbons (Fsp3) is 0.462. The van der Waals surface area contributed by atoms with Crippen LogP contribution in [-0.2, 0) is 4.79 Å². The van der Waals surface area contributed by atoms with Crippen LogP contribution < -0.4 is 10.1 Å². The molecule has 0 aliphatic rings. The van der Waals surface area contributed by atoms with E-state index in [0.29, 0.717) is 24.3 Å². The predicted molar refractivity (Wildman–Crippen MR) is 67.4 cm³/mol. The molecule has 0 aliphatic carbocycles. The standard InChI is InChI=1S/C13H19NO3/c1-9-7-10(2)13(17-3)11(8-9)14-12(16)5-4-6-15/h7-8,15H,4-6H2,1-3H3,(H,14,16). The van der Waals surface area contributed by atoms with Crippen LogP contribution in [0.1, 0.15) is 24.0 Å². The van der Waals surface area contributed by atoms with Crippen molar-refractivity contribution in [1.82, 2.24) is 0 Å². The van der Waals surface area contributed by atoms with Gasteiger partial charge in [-0.05, 0) is 37.5 Å². The maximum Gasteiger partial charge on any atom is 0.224 e. The number of methoxy groups -OCH3 is 1. The number of benzene rings is 1. The Morgan fingerprint density at radius 1 is 1.41 bits per heavy atom. The van der Waals surface area contributed by atoms with Gasteiger partial charge in [0.2, 0.25) is 5.91 Å². The lowest BCUT2D eigenvalue weighted by molar-refractivity contribution is -0.116. The smallest absolute Gasteiger partial charge is 0.224 e. The van der Waals surface area contributed by atoms with Gasteiger partial charge in [0.15, 0.2) is 0 Å². The molecule has 1 amide bonds. The van der Waals surface area contributed by atoms with Gasteiger partial charge < -0.3 is 15.2 Å². The van der Waals surface area contributed by atoms with Gasteiger partial charge in [-0.2, -0.15) is 0 Å². The Balaban J connectivity index is 2.85. The molecular weight excluding hydrogens is 218 g/mol. The molecule has 1 rings (SSSR count). The molecular formula is C13H19NO3. The zero-order chi connectivity index (χ0) is 12.8. The van der Waals surface area contributed by atoms with Crippen molar-refractivity contribution in [3.05, 3.63) is 23.3 Å². The average molecular weight is 237 g/mol. The van der Waals surface area contributed by atoms with Crippen molar-refractivity contribution in [3.8, 4) is 5.75 Å². The van der Waals surface area contributed by atoms with Crippen LogP contribution in [-0.4, -0.2) is 24.7 Å². The molecule has 0 aliphatic heterocycles. The van der Waals surface area contributed by atoms with E-state index in [1.165, 1.54) is 0 Å². The van der Waals surface area contributed by atoms with Crippen molar-refractivity contribution in [3.63, 3.8) is 0 Å². The Bertz CT molecular complexity index is 402. The molecule has 0 heterocycles. The molecule has 0 radical (unpaired) electrons. The van der Waals surface area contributed by atoms with Crippen LogP contribution in [0.4, 0.5) is 5.69 Å². The molecule has 1 aromatic rings. The van der Waals surface area contributed by atoms with Gasteiger partial charge in [0, 0.05) is 13.0 Å². The monoisotopic (exact) mass is 237 g/mol. The Kier molecular flexibility index (Phi) is 4.97. The van der Waals surface area contributed by atoms with E-state index in [9.17, 15) is 4.79 Å². The lowest BCUT2D eigenvalue weighted by atomic mass is 10.1. The van der Waals surface area contributed by atoms with Gasteiger partial charge in [-0.15, -0.1) is 0 Å². The highest BCUT2D eigenvalue weighted by Gasteiger charge is 2.10. The summed E-state index contributed by atoms with van der Waals surface area (Å²) in [6.45, 7) is 3.93. The van der Waals surface area contributed by atoms with Crippen LogP contribution in [0.5, 0.6) is 5.75 Å². The lowest BCUT2D eigenvalue weighted by Gasteiger charge is -2.13. The second kappa shape index (κ2) is 6.25. The molecule has 0 aromatic heterocycles. The quantitative estimate of drug-likeness (QED) is 0.823. The summed E-state index contributed by atoms with van der Waals surface area (Å²) >= 11 is 0. The van der Waals surface area contributed by atoms with E-state index in [2.05, 4.69) is 5.32 Å². The molecule has 0 unspecified atom stereocenters. The fourth-order valence-electron chi connectivity index (χ4n) is 1.77. The Labute approximate surface area is 102 Å². The third kappa shape index (κ3) is 3.75. The van der Waals surface area contributed by atoms with Crippen molar-refractivity contribution in [1.29, 1.82) is 0 Å². The minimum atomic E-state index is -0.109. The summed E-state index contributed by atoms with van der Waals surface area (Å²) in [5, 5.41) is 11.5. The first-order chi connectivity index (χ1) is 8.08. The summed E-state index contributed by atoms with van der Waals surface area (Å²) in [7, 11) is 1.58. The van der Waals surface area contributed by atoms with Crippen molar-refractivity contribution in [2.75, 3.05) is 19.0 Å². The molecule has 4 nitrogen and oxygen atoms in total. The second-order valence-corrected chi connectivity index (χ2v) is 4.04. The van der Waals surface area contributed by atoms with Crippen LogP contribution in [0.3, 0.4) is 0 Å². The van der Waals surface area contributed by atoms with Crippen molar-refractivity contribution in [2.45, 2.75) is 26.7 Å². The van der Waals surface area contributed by atoms with E-state index in [1.807, 2.05) is 26.0 Å². The van der Waals surface area contributed by atoms with E-state index in [4.69, 9.17) is 9.84 Å². The number of carbonyl (C=O) groups excluding carboxylic acids is 1. The van der Waals surface area contributed by atoms with Gasteiger partial charge in [0.1, 0.15) is 5.75 Å². The molecule has 0 spiro atoms. The number of hydrogen-bond acceptors (Lipinski definition) is 3. The van der Waals surface area contributed by atoms with Crippen LogP contribution in [0.2, 0.25) is 0 Å². The minimum Gasteiger partial charge on any atom is -0.494 e. The van der Waals surface area contributed by atoms with Crippen LogP contribution in [0.15, 0.2) is 12.1 Å². The number of anilines is 1. The SMILES string of the molecule is COc1c(C)cc(C)cc1NC(=O)CCCO. The van der Waals surface area contributed by atoms with Crippen molar-refractivity contribution >= 4 is 11.6 Å². The van der Waals surface area contributed by atoms with Crippen molar-refractivity contribution < 1.29 is 14.6 Å². The zero-order valence-corrected chi connectivity index (χ0v) is 10.5. The number of carbonyl (C=O) groups is 1. The number of amides is 1. The van der Waals surface area contributed by atoms with Gasteiger partial charge >= 0.3 is 0 Å². The highest BCUT2D eigenvalue weighted by Crippen LogP contribution is 2.29. The van der Waals surface area contributed by atoms with Gasteiger partial charge in [0.05, 0.1) is 12.8 Å². The topological polar surface area (TPSA) is 58.6 Å². The summed E-state index contributed by atoms with van der Waals surface area (Å²) < 4.78 is 5.27. The van der Waals surface area contributed by atoms with Crippen LogP contribution in [0, 0.1) is 13.8 Å². The summed E-state index contributed by atoms with van der Waals surface area (Å²) in [4.78, 5) is 11.6. The van der Waals surface area contributed by atoms with Gasteiger partial charge in [-0.1, -0.05) is 6.07 Å². The average Bonchev–Trinajstić information content (AvgIpc) is 2.25. The van der Waals surface area contributed by atoms with Crippen molar-refractivity contribution in [2.24, 2.45) is 0 Å². The van der Waals surface area contributed by atoms with Crippen LogP contribution >= 0.6 is 0 Å². The molecule has 17 heavy (non-hydrogen) atoms. The van der Waals surface area contributed by atoms with E-state index < -0.39 is 0 Å². The van der Waals surface area contributed by atoms with E-state index in [-0.39, 0.29) is 12.5 Å². The number of ether oxygens (including phenoxy) is 1. The van der Waals surface area contributed by atoms with E-state index in [1.54, 1.807) is 7.11 Å². The highest BCUT2D eigenvalue weighted by atomic mass is 16.5. The molecule has 0 saturated carbocycles. The predicted octanol–water partition coefficient (Wildman–Crippen LogP) is 2.02. The summed E-state index contributed by atoms with van der Waals surface area (Å²) in [5.74, 6) is 0.579. The molecule has 1 aromatic carbocycles. The number of rotatable bonds is 5. The first kappa shape index (κ1) is 13.5. The molecule has 2 N–H and O–H groups in total. The Morgan fingerprint density at radius 2 is 2.12 bits per heavy atom. The van der Waals surface area contributed by atoms with E-state index in [0.717, 1.165) is 11.1 Å². The largest absolute Gasteiger partial charge is 0.494 e. The van der Waals surface area contributed by atoms with Gasteiger partial charge in [0.25, 0.3) is 0 Å².